The van der Waals surface area contributed by atoms with Gasteiger partial charge in [-0.25, -0.2) is 0 Å². The fraction of sp³-hybridized carbons (Fsp3) is 0.462. The molecule has 1 atom stereocenters. The molecule has 0 aliphatic carbocycles. The van der Waals surface area contributed by atoms with E-state index >= 15 is 0 Å². The Balaban J connectivity index is 1.98. The van der Waals surface area contributed by atoms with E-state index in [9.17, 15) is 4.79 Å². The van der Waals surface area contributed by atoms with Crippen LogP contribution in [0.25, 0.3) is 0 Å². The topological polar surface area (TPSA) is 38.8 Å². The number of benzene rings is 1. The van der Waals surface area contributed by atoms with Crippen LogP contribution in [-0.4, -0.2) is 42.4 Å². The fourth-order valence-corrected chi connectivity index (χ4v) is 2.04. The zero-order valence-electron chi connectivity index (χ0n) is 10.3. The molecule has 0 spiro atoms. The number of hydrogen-bond donors (Lipinski definition) is 0. The Kier molecular flexibility index (Phi) is 4.47. The fourth-order valence-electron chi connectivity index (χ4n) is 1.79. The summed E-state index contributed by atoms with van der Waals surface area (Å²) in [5, 5.41) is 0.884. The maximum atomic E-state index is 12.1. The minimum Gasteiger partial charge on any atom is -0.485 e. The van der Waals surface area contributed by atoms with Gasteiger partial charge in [0.05, 0.1) is 0 Å². The molecule has 1 amide bonds. The molecule has 1 aliphatic rings. The number of fused-ring (bicyclic) bond motifs is 1. The minimum absolute atomic E-state index is 0.0366. The lowest BCUT2D eigenvalue weighted by molar-refractivity contribution is -0.139. The normalized spacial score (nSPS) is 17.3. The molecule has 1 unspecified atom stereocenters. The molecule has 1 heterocycles. The molecule has 98 valence electrons. The molecule has 0 bridgehead atoms. The predicted octanol–water partition coefficient (Wildman–Crippen LogP) is 2.07. The van der Waals surface area contributed by atoms with E-state index in [-0.39, 0.29) is 12.5 Å². The Labute approximate surface area is 115 Å². The zero-order chi connectivity index (χ0) is 13.0. The number of alkyl halides is 1. The van der Waals surface area contributed by atoms with E-state index in [2.05, 4.69) is 15.9 Å². The van der Waals surface area contributed by atoms with Gasteiger partial charge in [-0.15, -0.1) is 0 Å². The molecule has 0 fully saturated rings. The molecule has 2 rings (SSSR count). The van der Waals surface area contributed by atoms with Gasteiger partial charge in [-0.2, -0.15) is 0 Å². The Morgan fingerprint density at radius 1 is 1.44 bits per heavy atom. The van der Waals surface area contributed by atoms with Gasteiger partial charge in [0.25, 0.3) is 5.91 Å². The lowest BCUT2D eigenvalue weighted by Crippen LogP contribution is -2.45. The van der Waals surface area contributed by atoms with Crippen LogP contribution in [0.15, 0.2) is 24.3 Å². The molecule has 0 N–H and O–H groups in total. The highest BCUT2D eigenvalue weighted by Gasteiger charge is 2.29. The first kappa shape index (κ1) is 13.2. The van der Waals surface area contributed by atoms with Crippen molar-refractivity contribution in [1.82, 2.24) is 4.90 Å². The Morgan fingerprint density at radius 3 is 2.89 bits per heavy atom. The number of ether oxygens (including phenoxy) is 2. The van der Waals surface area contributed by atoms with Crippen LogP contribution in [0.4, 0.5) is 0 Å². The maximum Gasteiger partial charge on any atom is 0.267 e. The average Bonchev–Trinajstić information content (AvgIpc) is 2.43. The summed E-state index contributed by atoms with van der Waals surface area (Å²) in [4.78, 5) is 13.8. The number of rotatable bonds is 4. The van der Waals surface area contributed by atoms with Crippen LogP contribution in [0.5, 0.6) is 11.5 Å². The minimum atomic E-state index is -0.541. The van der Waals surface area contributed by atoms with E-state index in [1.807, 2.05) is 24.3 Å². The number of carbonyl (C=O) groups is 1. The van der Waals surface area contributed by atoms with Crippen molar-refractivity contribution in [3.8, 4) is 11.5 Å². The average molecular weight is 314 g/mol. The molecule has 1 aromatic rings. The van der Waals surface area contributed by atoms with Crippen molar-refractivity contribution in [1.29, 1.82) is 0 Å². The van der Waals surface area contributed by atoms with Crippen LogP contribution in [0.3, 0.4) is 0 Å². The van der Waals surface area contributed by atoms with Crippen molar-refractivity contribution >= 4 is 21.8 Å². The van der Waals surface area contributed by atoms with Gasteiger partial charge in [-0.05, 0) is 18.6 Å². The zero-order valence-corrected chi connectivity index (χ0v) is 11.9. The molecule has 0 saturated heterocycles. The first-order chi connectivity index (χ1) is 8.72. The highest BCUT2D eigenvalue weighted by molar-refractivity contribution is 9.09. The van der Waals surface area contributed by atoms with E-state index in [4.69, 9.17) is 9.47 Å². The molecule has 18 heavy (non-hydrogen) atoms. The second-order valence-corrected chi connectivity index (χ2v) is 4.96. The number of carbonyl (C=O) groups excluding carboxylic acids is 1. The second kappa shape index (κ2) is 6.09. The summed E-state index contributed by atoms with van der Waals surface area (Å²) in [5.41, 5.74) is 0. The quantitative estimate of drug-likeness (QED) is 0.799. The Morgan fingerprint density at radius 2 is 2.17 bits per heavy atom. The molecule has 0 aromatic heterocycles. The number of amides is 1. The third-order valence-electron chi connectivity index (χ3n) is 2.79. The van der Waals surface area contributed by atoms with E-state index in [0.717, 1.165) is 11.8 Å². The van der Waals surface area contributed by atoms with Crippen molar-refractivity contribution in [3.63, 3.8) is 0 Å². The van der Waals surface area contributed by atoms with Crippen molar-refractivity contribution < 1.29 is 14.3 Å². The molecule has 5 heteroatoms. The van der Waals surface area contributed by atoms with Gasteiger partial charge in [0.2, 0.25) is 6.10 Å². The molecule has 1 aromatic carbocycles. The van der Waals surface area contributed by atoms with Crippen molar-refractivity contribution in [2.24, 2.45) is 0 Å². The number of halogens is 1. The standard InChI is InChI=1S/C13H16BrNO3/c1-15(8-4-7-14)13(16)12-9-17-10-5-2-3-6-11(10)18-12/h2-3,5-6,12H,4,7-9H2,1H3. The van der Waals surface area contributed by atoms with Gasteiger partial charge >= 0.3 is 0 Å². The lowest BCUT2D eigenvalue weighted by atomic mass is 10.2. The van der Waals surface area contributed by atoms with Crippen LogP contribution >= 0.6 is 15.9 Å². The maximum absolute atomic E-state index is 12.1. The largest absolute Gasteiger partial charge is 0.485 e. The summed E-state index contributed by atoms with van der Waals surface area (Å²) in [6.45, 7) is 0.986. The molecule has 0 radical (unpaired) electrons. The monoisotopic (exact) mass is 313 g/mol. The summed E-state index contributed by atoms with van der Waals surface area (Å²) in [5.74, 6) is 1.30. The first-order valence-corrected chi connectivity index (χ1v) is 7.04. The van der Waals surface area contributed by atoms with E-state index in [1.165, 1.54) is 0 Å². The summed E-state index contributed by atoms with van der Waals surface area (Å²) in [6, 6.07) is 7.40. The van der Waals surface area contributed by atoms with Crippen LogP contribution < -0.4 is 9.47 Å². The van der Waals surface area contributed by atoms with Gasteiger partial charge in [0, 0.05) is 18.9 Å². The van der Waals surface area contributed by atoms with Crippen LogP contribution in [0.2, 0.25) is 0 Å². The SMILES string of the molecule is CN(CCCBr)C(=O)C1COc2ccccc2O1. The van der Waals surface area contributed by atoms with Crippen molar-refractivity contribution in [2.45, 2.75) is 12.5 Å². The van der Waals surface area contributed by atoms with E-state index in [1.54, 1.807) is 11.9 Å². The van der Waals surface area contributed by atoms with E-state index in [0.29, 0.717) is 18.0 Å². The number of hydrogen-bond acceptors (Lipinski definition) is 3. The molecular formula is C13H16BrNO3. The van der Waals surface area contributed by atoms with Gasteiger partial charge in [-0.3, -0.25) is 4.79 Å². The number of likely N-dealkylation sites (N-methyl/N-ethyl adjacent to an activating group) is 1. The van der Waals surface area contributed by atoms with E-state index < -0.39 is 6.10 Å². The number of para-hydroxylation sites is 2. The van der Waals surface area contributed by atoms with Gasteiger partial charge in [0.15, 0.2) is 11.5 Å². The molecule has 1 aliphatic heterocycles. The highest BCUT2D eigenvalue weighted by atomic mass is 79.9. The Bertz CT molecular complexity index is 424. The second-order valence-electron chi connectivity index (χ2n) is 4.17. The summed E-state index contributed by atoms with van der Waals surface area (Å²) in [6.07, 6.45) is 0.382. The summed E-state index contributed by atoms with van der Waals surface area (Å²) >= 11 is 3.35. The van der Waals surface area contributed by atoms with Gasteiger partial charge in [-0.1, -0.05) is 28.1 Å². The molecule has 0 saturated carbocycles. The first-order valence-electron chi connectivity index (χ1n) is 5.92. The van der Waals surface area contributed by atoms with Crippen LogP contribution in [0.1, 0.15) is 6.42 Å². The van der Waals surface area contributed by atoms with Crippen LogP contribution in [-0.2, 0) is 4.79 Å². The summed E-state index contributed by atoms with van der Waals surface area (Å²) < 4.78 is 11.2. The molecular weight excluding hydrogens is 298 g/mol. The summed E-state index contributed by atoms with van der Waals surface area (Å²) in [7, 11) is 1.79. The van der Waals surface area contributed by atoms with Crippen molar-refractivity contribution in [2.75, 3.05) is 25.5 Å². The van der Waals surface area contributed by atoms with Gasteiger partial charge < -0.3 is 14.4 Å². The molecule has 4 nitrogen and oxygen atoms in total. The van der Waals surface area contributed by atoms with Crippen LogP contribution in [0, 0.1) is 0 Å². The van der Waals surface area contributed by atoms with Crippen molar-refractivity contribution in [3.05, 3.63) is 24.3 Å². The number of nitrogens with zero attached hydrogens (tertiary/aromatic N) is 1. The highest BCUT2D eigenvalue weighted by Crippen LogP contribution is 2.31. The van der Waals surface area contributed by atoms with Gasteiger partial charge in [0.1, 0.15) is 6.61 Å². The third kappa shape index (κ3) is 2.96. The Hall–Kier alpha value is -1.23. The smallest absolute Gasteiger partial charge is 0.267 e. The lowest BCUT2D eigenvalue weighted by Gasteiger charge is -2.28. The third-order valence-corrected chi connectivity index (χ3v) is 3.35. The predicted molar refractivity (Wildman–Crippen MR) is 72.4 cm³/mol.